The number of Topliss-reactive ketones (excluding diaryl/α,β-unsaturated/α-hetero) is 1. The molecule has 11 heteroatoms. The Morgan fingerprint density at radius 2 is 1.50 bits per heavy atom. The molecule has 260 valence electrons. The summed E-state index contributed by atoms with van der Waals surface area (Å²) in [5.41, 5.74) is 0.636. The van der Waals surface area contributed by atoms with Crippen molar-refractivity contribution in [1.29, 1.82) is 0 Å². The SMILES string of the molecule is CCC(C=CC(=O)O)=CCC[C@H](C)C[C@@H](C)CC[C@H](O)[C@H](C)C(=O)C[C@@H](O)[C@H](CC)[C@@H](C)OC(=O)C[C@@H](O)C1=C(C)C(=O)OC1=O. The van der Waals surface area contributed by atoms with E-state index >= 15 is 0 Å². The average molecular weight is 651 g/mol. The van der Waals surface area contributed by atoms with Crippen molar-refractivity contribution in [2.24, 2.45) is 23.7 Å². The normalized spacial score (nSPS) is 19.3. The lowest BCUT2D eigenvalue weighted by molar-refractivity contribution is -0.155. The smallest absolute Gasteiger partial charge is 0.345 e. The summed E-state index contributed by atoms with van der Waals surface area (Å²) in [7, 11) is 0. The number of cyclic esters (lactones) is 2. The number of carbonyl (C=O) groups is 5. The molecule has 0 bridgehead atoms. The summed E-state index contributed by atoms with van der Waals surface area (Å²) >= 11 is 0. The Kier molecular flexibility index (Phi) is 17.9. The maximum atomic E-state index is 13.0. The largest absolute Gasteiger partial charge is 0.478 e. The van der Waals surface area contributed by atoms with Crippen molar-refractivity contribution in [3.8, 4) is 0 Å². The van der Waals surface area contributed by atoms with E-state index in [0.29, 0.717) is 24.7 Å². The van der Waals surface area contributed by atoms with Crippen molar-refractivity contribution in [3.63, 3.8) is 0 Å². The van der Waals surface area contributed by atoms with Crippen molar-refractivity contribution in [2.75, 3.05) is 0 Å². The van der Waals surface area contributed by atoms with Crippen molar-refractivity contribution in [2.45, 2.75) is 131 Å². The number of aliphatic hydroxyl groups excluding tert-OH is 3. The molecule has 0 aromatic carbocycles. The highest BCUT2D eigenvalue weighted by Gasteiger charge is 2.37. The number of rotatable bonds is 22. The van der Waals surface area contributed by atoms with Crippen LogP contribution < -0.4 is 0 Å². The zero-order valence-corrected chi connectivity index (χ0v) is 28.4. The van der Waals surface area contributed by atoms with Gasteiger partial charge in [-0.15, -0.1) is 0 Å². The highest BCUT2D eigenvalue weighted by atomic mass is 16.6. The number of hydrogen-bond donors (Lipinski definition) is 4. The number of aliphatic hydroxyl groups is 3. The molecule has 1 rings (SSSR count). The van der Waals surface area contributed by atoms with Crippen LogP contribution in [0.25, 0.3) is 0 Å². The van der Waals surface area contributed by atoms with Crippen molar-refractivity contribution in [3.05, 3.63) is 34.9 Å². The van der Waals surface area contributed by atoms with E-state index in [1.807, 2.05) is 6.92 Å². The molecule has 4 N–H and O–H groups in total. The third kappa shape index (κ3) is 13.7. The molecule has 0 aromatic heterocycles. The van der Waals surface area contributed by atoms with Crippen LogP contribution in [-0.2, 0) is 33.4 Å². The first-order valence-corrected chi connectivity index (χ1v) is 16.4. The topological polar surface area (TPSA) is 185 Å². The molecule has 1 aliphatic heterocycles. The maximum Gasteiger partial charge on any atom is 0.345 e. The molecule has 0 saturated heterocycles. The summed E-state index contributed by atoms with van der Waals surface area (Å²) in [6, 6.07) is 0. The van der Waals surface area contributed by atoms with Crippen LogP contribution in [0.2, 0.25) is 0 Å². The second kappa shape index (κ2) is 20.2. The van der Waals surface area contributed by atoms with Crippen LogP contribution in [0.5, 0.6) is 0 Å². The van der Waals surface area contributed by atoms with E-state index in [2.05, 4.69) is 24.7 Å². The molecular weight excluding hydrogens is 596 g/mol. The predicted molar refractivity (Wildman–Crippen MR) is 171 cm³/mol. The third-order valence-corrected chi connectivity index (χ3v) is 8.86. The molecule has 0 radical (unpaired) electrons. The molecule has 1 aliphatic rings. The summed E-state index contributed by atoms with van der Waals surface area (Å²) in [6.07, 6.45) is 4.77. The molecule has 0 aromatic rings. The fraction of sp³-hybridized carbons (Fsp3) is 0.686. The lowest BCUT2D eigenvalue weighted by Gasteiger charge is -2.28. The van der Waals surface area contributed by atoms with E-state index in [1.54, 1.807) is 26.8 Å². The number of carboxylic acid groups (broad SMARTS) is 1. The molecule has 8 atom stereocenters. The number of hydrogen-bond acceptors (Lipinski definition) is 10. The molecule has 0 unspecified atom stereocenters. The molecule has 0 spiro atoms. The Morgan fingerprint density at radius 1 is 0.870 bits per heavy atom. The highest BCUT2D eigenvalue weighted by Crippen LogP contribution is 2.27. The van der Waals surface area contributed by atoms with Crippen LogP contribution in [-0.4, -0.2) is 74.5 Å². The number of ketones is 1. The van der Waals surface area contributed by atoms with Gasteiger partial charge in [0.1, 0.15) is 11.9 Å². The molecule has 1 heterocycles. The Morgan fingerprint density at radius 3 is 2.04 bits per heavy atom. The van der Waals surface area contributed by atoms with Gasteiger partial charge in [0, 0.05) is 29.9 Å². The summed E-state index contributed by atoms with van der Waals surface area (Å²) in [4.78, 5) is 59.5. The van der Waals surface area contributed by atoms with Gasteiger partial charge in [0.2, 0.25) is 0 Å². The van der Waals surface area contributed by atoms with Gasteiger partial charge in [-0.25, -0.2) is 14.4 Å². The number of ether oxygens (including phenoxy) is 2. The Bertz CT molecular complexity index is 1150. The average Bonchev–Trinajstić information content (AvgIpc) is 3.23. The van der Waals surface area contributed by atoms with Crippen molar-refractivity contribution < 1.29 is 53.9 Å². The van der Waals surface area contributed by atoms with Gasteiger partial charge in [0.25, 0.3) is 0 Å². The van der Waals surface area contributed by atoms with E-state index in [1.165, 1.54) is 6.92 Å². The molecule has 0 saturated carbocycles. The van der Waals surface area contributed by atoms with Gasteiger partial charge in [-0.2, -0.15) is 0 Å². The van der Waals surface area contributed by atoms with Gasteiger partial charge in [0.15, 0.2) is 0 Å². The number of esters is 3. The second-order valence-electron chi connectivity index (χ2n) is 12.7. The van der Waals surface area contributed by atoms with Crippen LogP contribution in [0.15, 0.2) is 34.9 Å². The standard InChI is InChI=1S/C35H54O11/c1-8-25(14-16-31(40)41)12-10-11-20(3)17-21(4)13-15-27(36)22(5)28(37)18-29(38)26(9-2)24(7)45-32(42)19-30(39)33-23(6)34(43)46-35(33)44/h12,14,16,20-22,24,26-27,29-30,36,38-39H,8-11,13,15,17-19H2,1-7H3,(H,40,41)/t20-,21-,22-,24+,26+,27-,29+,30+/m0/s1. The monoisotopic (exact) mass is 650 g/mol. The zero-order valence-electron chi connectivity index (χ0n) is 28.4. The van der Waals surface area contributed by atoms with E-state index in [-0.39, 0.29) is 23.4 Å². The van der Waals surface area contributed by atoms with Gasteiger partial charge in [-0.1, -0.05) is 52.3 Å². The molecule has 11 nitrogen and oxygen atoms in total. The molecule has 46 heavy (non-hydrogen) atoms. The van der Waals surface area contributed by atoms with E-state index in [0.717, 1.165) is 43.8 Å². The number of carbonyl (C=O) groups excluding carboxylic acids is 4. The second-order valence-corrected chi connectivity index (χ2v) is 12.7. The Labute approximate surface area is 272 Å². The lowest BCUT2D eigenvalue weighted by Crippen LogP contribution is -2.37. The quantitative estimate of drug-likeness (QED) is 0.0555. The molecular formula is C35H54O11. The maximum absolute atomic E-state index is 13.0. The van der Waals surface area contributed by atoms with Gasteiger partial charge in [-0.3, -0.25) is 9.59 Å². The number of carboxylic acids is 1. The third-order valence-electron chi connectivity index (χ3n) is 8.86. The minimum atomic E-state index is -1.58. The van der Waals surface area contributed by atoms with Crippen LogP contribution in [0.3, 0.4) is 0 Å². The van der Waals surface area contributed by atoms with Crippen LogP contribution >= 0.6 is 0 Å². The van der Waals surface area contributed by atoms with Gasteiger partial charge in [-0.05, 0) is 70.6 Å². The fourth-order valence-electron chi connectivity index (χ4n) is 5.83. The van der Waals surface area contributed by atoms with E-state index in [4.69, 9.17) is 9.84 Å². The Balaban J connectivity index is 2.54. The Hall–Kier alpha value is -3.15. The number of allylic oxidation sites excluding steroid dienone is 3. The summed E-state index contributed by atoms with van der Waals surface area (Å²) in [5.74, 6) is -4.49. The minimum absolute atomic E-state index is 0.0708. The fourth-order valence-corrected chi connectivity index (χ4v) is 5.83. The predicted octanol–water partition coefficient (Wildman–Crippen LogP) is 4.61. The molecule has 0 amide bonds. The first-order chi connectivity index (χ1) is 21.5. The lowest BCUT2D eigenvalue weighted by atomic mass is 9.84. The van der Waals surface area contributed by atoms with Crippen LogP contribution in [0.4, 0.5) is 0 Å². The van der Waals surface area contributed by atoms with Gasteiger partial charge >= 0.3 is 23.9 Å². The minimum Gasteiger partial charge on any atom is -0.478 e. The first-order valence-electron chi connectivity index (χ1n) is 16.4. The first kappa shape index (κ1) is 40.9. The number of aliphatic carboxylic acids is 1. The van der Waals surface area contributed by atoms with Gasteiger partial charge in [0.05, 0.1) is 30.3 Å². The van der Waals surface area contributed by atoms with Crippen molar-refractivity contribution >= 4 is 29.7 Å². The van der Waals surface area contributed by atoms with E-state index < -0.39 is 66.5 Å². The van der Waals surface area contributed by atoms with Crippen LogP contribution in [0.1, 0.15) is 106 Å². The highest BCUT2D eigenvalue weighted by molar-refractivity contribution is 6.12. The summed E-state index contributed by atoms with van der Waals surface area (Å²) in [5, 5.41) is 40.7. The van der Waals surface area contributed by atoms with Gasteiger partial charge < -0.3 is 29.9 Å². The molecule has 0 fully saturated rings. The zero-order chi connectivity index (χ0) is 35.1. The van der Waals surface area contributed by atoms with Crippen LogP contribution in [0, 0.1) is 23.7 Å². The van der Waals surface area contributed by atoms with Crippen molar-refractivity contribution in [1.82, 2.24) is 0 Å². The summed E-state index contributed by atoms with van der Waals surface area (Å²) < 4.78 is 9.84. The summed E-state index contributed by atoms with van der Waals surface area (Å²) in [6.45, 7) is 12.6. The van der Waals surface area contributed by atoms with E-state index in [9.17, 15) is 39.3 Å². The molecule has 0 aliphatic carbocycles.